The monoisotopic (exact) mass is 326 g/mol. The third kappa shape index (κ3) is 10.1. The van der Waals surface area contributed by atoms with Gasteiger partial charge in [0.2, 0.25) is 0 Å². The molecule has 3 nitrogen and oxygen atoms in total. The van der Waals surface area contributed by atoms with Crippen LogP contribution >= 0.6 is 7.26 Å². The van der Waals surface area contributed by atoms with Gasteiger partial charge in [-0.15, -0.1) is 0 Å². The molecule has 0 spiro atoms. The summed E-state index contributed by atoms with van der Waals surface area (Å²) < 4.78 is 30.8. The van der Waals surface area contributed by atoms with Gasteiger partial charge in [-0.2, -0.15) is 0 Å². The first-order valence-electron chi connectivity index (χ1n) is 8.34. The second-order valence-corrected chi connectivity index (χ2v) is 12.8. The number of hydrogen-bond donors (Lipinski definition) is 1. The van der Waals surface area contributed by atoms with Crippen LogP contribution in [-0.2, 0) is 10.1 Å². The Bertz CT molecular complexity index is 306. The number of hydrogen-bond acceptors (Lipinski definition) is 2. The summed E-state index contributed by atoms with van der Waals surface area (Å²) in [6, 6.07) is 0. The molecular formula is C15H35O3PS. The molecule has 0 aromatic rings. The molecule has 0 aliphatic heterocycles. The molecule has 0 atom stereocenters. The van der Waals surface area contributed by atoms with Gasteiger partial charge in [0.05, 0.1) is 0 Å². The van der Waals surface area contributed by atoms with Gasteiger partial charge in [-0.3, -0.25) is 0 Å². The van der Waals surface area contributed by atoms with E-state index in [2.05, 4.69) is 20.8 Å². The normalized spacial score (nSPS) is 13.6. The van der Waals surface area contributed by atoms with E-state index in [9.17, 15) is 8.42 Å². The van der Waals surface area contributed by atoms with Crippen molar-refractivity contribution in [2.45, 2.75) is 65.7 Å². The van der Waals surface area contributed by atoms with Gasteiger partial charge in [-0.1, -0.05) is 0 Å². The third-order valence-electron chi connectivity index (χ3n) is 4.29. The van der Waals surface area contributed by atoms with Gasteiger partial charge in [0.25, 0.3) is 0 Å². The topological polar surface area (TPSA) is 54.4 Å². The fraction of sp³-hybridized carbons (Fsp3) is 1.00. The molecule has 0 bridgehead atoms. The van der Waals surface area contributed by atoms with Crippen molar-refractivity contribution < 1.29 is 13.0 Å². The first-order chi connectivity index (χ1) is 9.39. The van der Waals surface area contributed by atoms with E-state index in [1.165, 1.54) is 57.0 Å². The van der Waals surface area contributed by atoms with Gasteiger partial charge in [0.15, 0.2) is 0 Å². The Balaban J connectivity index is 4.65. The molecule has 0 aromatic carbocycles. The maximum absolute atomic E-state index is 10.9. The Hall–Kier alpha value is 0.340. The van der Waals surface area contributed by atoms with Crippen LogP contribution in [0.5, 0.6) is 0 Å². The Morgan fingerprint density at radius 3 is 1.40 bits per heavy atom. The summed E-state index contributed by atoms with van der Waals surface area (Å²) in [4.78, 5) is 0. The molecule has 1 N–H and O–H groups in total. The van der Waals surface area contributed by atoms with Gasteiger partial charge in [0, 0.05) is 0 Å². The molecule has 0 aliphatic rings. The van der Waals surface area contributed by atoms with Crippen LogP contribution in [0.2, 0.25) is 0 Å². The van der Waals surface area contributed by atoms with Crippen LogP contribution in [0, 0.1) is 0 Å². The summed E-state index contributed by atoms with van der Waals surface area (Å²) in [6.45, 7) is 6.70. The summed E-state index contributed by atoms with van der Waals surface area (Å²) in [5, 5.41) is 0. The molecule has 124 valence electrons. The van der Waals surface area contributed by atoms with Crippen molar-refractivity contribution in [3.63, 3.8) is 0 Å². The molecule has 0 aliphatic carbocycles. The Morgan fingerprint density at radius 2 is 1.10 bits per heavy atom. The summed E-state index contributed by atoms with van der Waals surface area (Å²) in [5.41, 5.74) is 0. The number of rotatable bonds is 13. The molecule has 0 aromatic heterocycles. The summed E-state index contributed by atoms with van der Waals surface area (Å²) in [7, 11) is -5.12. The van der Waals surface area contributed by atoms with E-state index in [-0.39, 0.29) is 5.75 Å². The zero-order valence-electron chi connectivity index (χ0n) is 13.7. The molecule has 0 fully saturated rings. The van der Waals surface area contributed by atoms with E-state index >= 15 is 0 Å². The van der Waals surface area contributed by atoms with Crippen molar-refractivity contribution in [2.24, 2.45) is 0 Å². The van der Waals surface area contributed by atoms with Crippen molar-refractivity contribution >= 4 is 17.4 Å². The molecule has 0 saturated heterocycles. The van der Waals surface area contributed by atoms with Gasteiger partial charge in [-0.05, 0) is 0 Å². The third-order valence-corrected chi connectivity index (χ3v) is 10.8. The molecule has 5 heteroatoms. The van der Waals surface area contributed by atoms with E-state index in [0.29, 0.717) is 6.42 Å². The predicted octanol–water partition coefficient (Wildman–Crippen LogP) is 4.41. The molecule has 20 heavy (non-hydrogen) atoms. The SMILES string of the molecule is CCCC[PH](CCCC)(CCCC)CCCS(=O)(=O)O. The second kappa shape index (κ2) is 11.0. The van der Waals surface area contributed by atoms with E-state index in [4.69, 9.17) is 4.55 Å². The van der Waals surface area contributed by atoms with Crippen molar-refractivity contribution in [1.82, 2.24) is 0 Å². The minimum absolute atomic E-state index is 0.0495. The molecule has 0 heterocycles. The van der Waals surface area contributed by atoms with Gasteiger partial charge in [-0.25, -0.2) is 0 Å². The first-order valence-corrected chi connectivity index (χ1v) is 12.8. The Labute approximate surface area is 127 Å². The quantitative estimate of drug-likeness (QED) is 0.403. The standard InChI is InChI=1S/C15H35O3PS/c1-4-7-11-19(12-8-5-2,13-9-6-3)14-10-15-20(16,17)18/h19H,4-15H2,1-3H3,(H,16,17,18). The van der Waals surface area contributed by atoms with Crippen LogP contribution in [0.4, 0.5) is 0 Å². The minimum atomic E-state index is -3.79. The van der Waals surface area contributed by atoms with E-state index in [1.807, 2.05) is 0 Å². The predicted molar refractivity (Wildman–Crippen MR) is 93.5 cm³/mol. The van der Waals surface area contributed by atoms with Crippen molar-refractivity contribution in [1.29, 1.82) is 0 Å². The molecule has 0 saturated carbocycles. The van der Waals surface area contributed by atoms with Crippen LogP contribution < -0.4 is 0 Å². The Morgan fingerprint density at radius 1 is 0.750 bits per heavy atom. The van der Waals surface area contributed by atoms with Crippen LogP contribution in [-0.4, -0.2) is 43.4 Å². The first kappa shape index (κ1) is 20.3. The molecule has 0 rings (SSSR count). The molecule has 0 amide bonds. The van der Waals surface area contributed by atoms with Gasteiger partial charge < -0.3 is 0 Å². The fourth-order valence-electron chi connectivity index (χ4n) is 3.03. The Kier molecular flexibility index (Phi) is 11.2. The zero-order chi connectivity index (χ0) is 15.5. The summed E-state index contributed by atoms with van der Waals surface area (Å²) >= 11 is 0. The average Bonchev–Trinajstić information content (AvgIpc) is 2.38. The van der Waals surface area contributed by atoms with Crippen LogP contribution in [0.15, 0.2) is 0 Å². The molecule has 0 unspecified atom stereocenters. The molecule has 0 radical (unpaired) electrons. The van der Waals surface area contributed by atoms with Crippen molar-refractivity contribution in [3.8, 4) is 0 Å². The van der Waals surface area contributed by atoms with Gasteiger partial charge >= 0.3 is 126 Å². The van der Waals surface area contributed by atoms with Crippen LogP contribution in [0.3, 0.4) is 0 Å². The summed E-state index contributed by atoms with van der Waals surface area (Å²) in [6.07, 6.45) is 13.3. The number of unbranched alkanes of at least 4 members (excludes halogenated alkanes) is 3. The maximum atomic E-state index is 10.9. The van der Waals surface area contributed by atoms with E-state index in [1.54, 1.807) is 0 Å². The average molecular weight is 326 g/mol. The fourth-order valence-corrected chi connectivity index (χ4v) is 9.54. The van der Waals surface area contributed by atoms with Crippen molar-refractivity contribution in [2.75, 3.05) is 30.4 Å². The molecular weight excluding hydrogens is 291 g/mol. The van der Waals surface area contributed by atoms with Crippen molar-refractivity contribution in [3.05, 3.63) is 0 Å². The van der Waals surface area contributed by atoms with Crippen LogP contribution in [0.25, 0.3) is 0 Å². The second-order valence-electron chi connectivity index (χ2n) is 6.20. The van der Waals surface area contributed by atoms with E-state index < -0.39 is 17.4 Å². The van der Waals surface area contributed by atoms with E-state index in [0.717, 1.165) is 6.16 Å². The zero-order valence-corrected chi connectivity index (χ0v) is 15.5. The van der Waals surface area contributed by atoms with Crippen LogP contribution in [0.1, 0.15) is 65.7 Å². The summed E-state index contributed by atoms with van der Waals surface area (Å²) in [5.74, 6) is -0.0495. The van der Waals surface area contributed by atoms with Gasteiger partial charge in [0.1, 0.15) is 0 Å².